The van der Waals surface area contributed by atoms with E-state index in [9.17, 15) is 0 Å². The Balaban J connectivity index is 2.28. The van der Waals surface area contributed by atoms with Gasteiger partial charge in [0.05, 0.1) is 0 Å². The Morgan fingerprint density at radius 1 is 0.462 bits per heavy atom. The Bertz CT molecular complexity index is 184. The third kappa shape index (κ3) is 6.39. The van der Waals surface area contributed by atoms with Crippen molar-refractivity contribution in [2.45, 2.75) is 44.9 Å². The van der Waals surface area contributed by atoms with Gasteiger partial charge < -0.3 is 0 Å². The van der Waals surface area contributed by atoms with Crippen molar-refractivity contribution in [3.8, 4) is 0 Å². The summed E-state index contributed by atoms with van der Waals surface area (Å²) < 4.78 is 0. The van der Waals surface area contributed by atoms with E-state index >= 15 is 0 Å². The molecule has 0 radical (unpaired) electrons. The van der Waals surface area contributed by atoms with Gasteiger partial charge >= 0.3 is 0 Å². The van der Waals surface area contributed by atoms with Crippen LogP contribution in [0, 0.1) is 0 Å². The second-order valence-corrected chi connectivity index (χ2v) is 3.51. The first kappa shape index (κ1) is 10.3. The van der Waals surface area contributed by atoms with Gasteiger partial charge in [-0.3, -0.25) is 0 Å². The lowest BCUT2D eigenvalue weighted by atomic mass is 10.1. The first-order valence-corrected chi connectivity index (χ1v) is 5.45. The summed E-state index contributed by atoms with van der Waals surface area (Å²) in [5, 5.41) is 0. The Morgan fingerprint density at radius 2 is 0.923 bits per heavy atom. The van der Waals surface area contributed by atoms with Gasteiger partial charge in [-0.1, -0.05) is 36.5 Å². The van der Waals surface area contributed by atoms with E-state index in [1.807, 2.05) is 0 Å². The zero-order valence-corrected chi connectivity index (χ0v) is 8.41. The van der Waals surface area contributed by atoms with Crippen LogP contribution in [0.25, 0.3) is 0 Å². The van der Waals surface area contributed by atoms with Crippen molar-refractivity contribution in [1.29, 1.82) is 0 Å². The molecule has 1 aliphatic carbocycles. The summed E-state index contributed by atoms with van der Waals surface area (Å²) in [4.78, 5) is 0. The monoisotopic (exact) mass is 176 g/mol. The Hall–Kier alpha value is -0.780. The highest BCUT2D eigenvalue weighted by Crippen LogP contribution is 2.04. The van der Waals surface area contributed by atoms with Crippen LogP contribution in [-0.2, 0) is 0 Å². The fourth-order valence-corrected chi connectivity index (χ4v) is 1.46. The van der Waals surface area contributed by atoms with Crippen molar-refractivity contribution in [1.82, 2.24) is 0 Å². The molecule has 0 unspecified atom stereocenters. The molecule has 0 atom stereocenters. The number of rotatable bonds is 0. The standard InChI is InChI=1S/C13H20/c1-2-4-6-8-10-12-13-11-9-7-5-3-1/h1-2,5,7-8,10H,3-4,6,9,11-13H2/b2-1-,7-5-,10-8+. The number of hydrogen-bond donors (Lipinski definition) is 0. The van der Waals surface area contributed by atoms with Gasteiger partial charge in [-0.25, -0.2) is 0 Å². The molecule has 0 saturated carbocycles. The van der Waals surface area contributed by atoms with Crippen LogP contribution in [0.1, 0.15) is 44.9 Å². The third-order valence-corrected chi connectivity index (χ3v) is 2.26. The predicted molar refractivity (Wildman–Crippen MR) is 59.7 cm³/mol. The van der Waals surface area contributed by atoms with Gasteiger partial charge in [-0.2, -0.15) is 0 Å². The maximum atomic E-state index is 2.33. The van der Waals surface area contributed by atoms with E-state index in [0.29, 0.717) is 0 Å². The van der Waals surface area contributed by atoms with E-state index in [-0.39, 0.29) is 0 Å². The quantitative estimate of drug-likeness (QED) is 0.480. The van der Waals surface area contributed by atoms with Gasteiger partial charge in [0.1, 0.15) is 0 Å². The number of allylic oxidation sites excluding steroid dienone is 6. The molecular weight excluding hydrogens is 156 g/mol. The first-order valence-electron chi connectivity index (χ1n) is 5.45. The summed E-state index contributed by atoms with van der Waals surface area (Å²) in [5.74, 6) is 0. The number of hydrogen-bond acceptors (Lipinski definition) is 0. The smallest absolute Gasteiger partial charge is 0.0169 e. The molecule has 0 fully saturated rings. The summed E-state index contributed by atoms with van der Waals surface area (Å²) in [6.07, 6.45) is 22.5. The third-order valence-electron chi connectivity index (χ3n) is 2.26. The average molecular weight is 176 g/mol. The highest BCUT2D eigenvalue weighted by Gasteiger charge is 1.84. The maximum absolute atomic E-state index is 2.33. The summed E-state index contributed by atoms with van der Waals surface area (Å²) in [7, 11) is 0. The normalized spacial score (nSPS) is 27.7. The molecule has 0 bridgehead atoms. The molecule has 1 rings (SSSR count). The molecule has 0 spiro atoms. The highest BCUT2D eigenvalue weighted by atomic mass is 13.9. The molecule has 0 aromatic carbocycles. The molecule has 0 saturated heterocycles. The second-order valence-electron chi connectivity index (χ2n) is 3.51. The summed E-state index contributed by atoms with van der Waals surface area (Å²) in [6, 6.07) is 0. The van der Waals surface area contributed by atoms with Crippen molar-refractivity contribution < 1.29 is 0 Å². The molecule has 0 amide bonds. The SMILES string of the molecule is C1=C\CC/C=C/CCCC/C=C\C/1. The lowest BCUT2D eigenvalue weighted by Crippen LogP contribution is -1.72. The summed E-state index contributed by atoms with van der Waals surface area (Å²) >= 11 is 0. The zero-order valence-electron chi connectivity index (χ0n) is 8.41. The van der Waals surface area contributed by atoms with Gasteiger partial charge in [0.2, 0.25) is 0 Å². The van der Waals surface area contributed by atoms with Crippen molar-refractivity contribution >= 4 is 0 Å². The van der Waals surface area contributed by atoms with Gasteiger partial charge in [-0.15, -0.1) is 0 Å². The molecule has 72 valence electrons. The van der Waals surface area contributed by atoms with E-state index in [1.165, 1.54) is 38.5 Å². The minimum absolute atomic E-state index is 1.11. The topological polar surface area (TPSA) is 0 Å². The average Bonchev–Trinajstić information content (AvgIpc) is 2.18. The van der Waals surface area contributed by atoms with E-state index in [0.717, 1.165) is 6.42 Å². The molecule has 0 N–H and O–H groups in total. The molecular formula is C13H20. The fourth-order valence-electron chi connectivity index (χ4n) is 1.46. The molecule has 0 aromatic rings. The molecule has 0 aliphatic heterocycles. The van der Waals surface area contributed by atoms with Crippen LogP contribution in [0.4, 0.5) is 0 Å². The van der Waals surface area contributed by atoms with Gasteiger partial charge in [0.25, 0.3) is 0 Å². The summed E-state index contributed by atoms with van der Waals surface area (Å²) in [5.41, 5.74) is 0. The second kappa shape index (κ2) is 7.85. The largest absolute Gasteiger partial charge is 0.0885 e. The van der Waals surface area contributed by atoms with Crippen LogP contribution in [0.5, 0.6) is 0 Å². The molecule has 0 heteroatoms. The van der Waals surface area contributed by atoms with Gasteiger partial charge in [0.15, 0.2) is 0 Å². The van der Waals surface area contributed by atoms with E-state index in [2.05, 4.69) is 36.5 Å². The van der Waals surface area contributed by atoms with Crippen LogP contribution in [0.2, 0.25) is 0 Å². The molecule has 13 heavy (non-hydrogen) atoms. The van der Waals surface area contributed by atoms with Crippen LogP contribution in [0.3, 0.4) is 0 Å². The Kier molecular flexibility index (Phi) is 6.22. The Morgan fingerprint density at radius 3 is 1.62 bits per heavy atom. The first-order chi connectivity index (χ1) is 6.50. The maximum Gasteiger partial charge on any atom is -0.0169 e. The fraction of sp³-hybridized carbons (Fsp3) is 0.538. The molecule has 0 aromatic heterocycles. The Labute approximate surface area is 82.0 Å². The van der Waals surface area contributed by atoms with Gasteiger partial charge in [-0.05, 0) is 44.9 Å². The van der Waals surface area contributed by atoms with Crippen molar-refractivity contribution in [3.05, 3.63) is 36.5 Å². The van der Waals surface area contributed by atoms with E-state index in [4.69, 9.17) is 0 Å². The zero-order chi connectivity index (χ0) is 9.19. The van der Waals surface area contributed by atoms with Crippen LogP contribution in [0.15, 0.2) is 36.5 Å². The van der Waals surface area contributed by atoms with E-state index < -0.39 is 0 Å². The predicted octanol–water partition coefficient (Wildman–Crippen LogP) is 4.40. The van der Waals surface area contributed by atoms with Crippen LogP contribution in [-0.4, -0.2) is 0 Å². The molecule has 0 heterocycles. The van der Waals surface area contributed by atoms with Crippen molar-refractivity contribution in [3.63, 3.8) is 0 Å². The minimum atomic E-state index is 1.11. The van der Waals surface area contributed by atoms with Crippen molar-refractivity contribution in [2.75, 3.05) is 0 Å². The summed E-state index contributed by atoms with van der Waals surface area (Å²) in [6.45, 7) is 0. The van der Waals surface area contributed by atoms with Crippen molar-refractivity contribution in [2.24, 2.45) is 0 Å². The van der Waals surface area contributed by atoms with Gasteiger partial charge in [0, 0.05) is 0 Å². The van der Waals surface area contributed by atoms with E-state index in [1.54, 1.807) is 0 Å². The van der Waals surface area contributed by atoms with Crippen LogP contribution < -0.4 is 0 Å². The lowest BCUT2D eigenvalue weighted by molar-refractivity contribution is 0.759. The molecule has 0 nitrogen and oxygen atoms in total. The van der Waals surface area contributed by atoms with Crippen LogP contribution >= 0.6 is 0 Å². The molecule has 1 aliphatic rings. The highest BCUT2D eigenvalue weighted by molar-refractivity contribution is 4.94. The minimum Gasteiger partial charge on any atom is -0.0885 e. The lowest BCUT2D eigenvalue weighted by Gasteiger charge is -1.92.